The molecular formula is C15H18N2O. The SMILES string of the molecule is CCNCc1ccncc1OCc1ccccc1. The van der Waals surface area contributed by atoms with E-state index in [-0.39, 0.29) is 0 Å². The van der Waals surface area contributed by atoms with Gasteiger partial charge in [-0.25, -0.2) is 0 Å². The van der Waals surface area contributed by atoms with Crippen LogP contribution in [0.4, 0.5) is 0 Å². The van der Waals surface area contributed by atoms with Gasteiger partial charge < -0.3 is 10.1 Å². The molecule has 0 amide bonds. The lowest BCUT2D eigenvalue weighted by atomic mass is 10.2. The molecule has 0 radical (unpaired) electrons. The minimum Gasteiger partial charge on any atom is -0.487 e. The van der Waals surface area contributed by atoms with E-state index in [0.717, 1.165) is 30.0 Å². The second-order valence-corrected chi connectivity index (χ2v) is 4.04. The number of nitrogens with one attached hydrogen (secondary N) is 1. The smallest absolute Gasteiger partial charge is 0.142 e. The third kappa shape index (κ3) is 3.57. The van der Waals surface area contributed by atoms with E-state index in [9.17, 15) is 0 Å². The van der Waals surface area contributed by atoms with Crippen LogP contribution in [-0.4, -0.2) is 11.5 Å². The molecular weight excluding hydrogens is 224 g/mol. The number of ether oxygens (including phenoxy) is 1. The molecule has 0 bridgehead atoms. The first-order valence-electron chi connectivity index (χ1n) is 6.20. The van der Waals surface area contributed by atoms with Crippen molar-refractivity contribution in [2.24, 2.45) is 0 Å². The molecule has 1 aromatic carbocycles. The van der Waals surface area contributed by atoms with Crippen LogP contribution in [0.25, 0.3) is 0 Å². The van der Waals surface area contributed by atoms with Gasteiger partial charge in [0.25, 0.3) is 0 Å². The molecule has 0 atom stereocenters. The first-order chi connectivity index (χ1) is 8.90. The summed E-state index contributed by atoms with van der Waals surface area (Å²) in [4.78, 5) is 4.11. The highest BCUT2D eigenvalue weighted by Crippen LogP contribution is 2.17. The molecule has 0 spiro atoms. The zero-order valence-electron chi connectivity index (χ0n) is 10.6. The summed E-state index contributed by atoms with van der Waals surface area (Å²) in [5.41, 5.74) is 2.30. The lowest BCUT2D eigenvalue weighted by Gasteiger charge is -2.11. The number of hydrogen-bond donors (Lipinski definition) is 1. The third-order valence-electron chi connectivity index (χ3n) is 2.67. The van der Waals surface area contributed by atoms with Gasteiger partial charge in [-0.1, -0.05) is 37.3 Å². The zero-order chi connectivity index (χ0) is 12.6. The molecule has 0 saturated carbocycles. The summed E-state index contributed by atoms with van der Waals surface area (Å²) in [5.74, 6) is 0.849. The number of hydrogen-bond acceptors (Lipinski definition) is 3. The molecule has 3 nitrogen and oxygen atoms in total. The van der Waals surface area contributed by atoms with Gasteiger partial charge in [-0.15, -0.1) is 0 Å². The molecule has 0 fully saturated rings. The maximum Gasteiger partial charge on any atom is 0.142 e. The molecule has 0 aliphatic rings. The third-order valence-corrected chi connectivity index (χ3v) is 2.67. The van der Waals surface area contributed by atoms with Crippen LogP contribution in [0.1, 0.15) is 18.1 Å². The van der Waals surface area contributed by atoms with Gasteiger partial charge in [0, 0.05) is 18.3 Å². The number of nitrogens with zero attached hydrogens (tertiary/aromatic N) is 1. The number of pyridine rings is 1. The molecule has 1 heterocycles. The number of benzene rings is 1. The molecule has 0 aliphatic heterocycles. The molecule has 2 aromatic rings. The van der Waals surface area contributed by atoms with E-state index in [1.807, 2.05) is 24.3 Å². The van der Waals surface area contributed by atoms with E-state index in [1.54, 1.807) is 12.4 Å². The molecule has 3 heteroatoms. The van der Waals surface area contributed by atoms with Crippen molar-refractivity contribution in [3.63, 3.8) is 0 Å². The van der Waals surface area contributed by atoms with Crippen LogP contribution in [0.2, 0.25) is 0 Å². The topological polar surface area (TPSA) is 34.2 Å². The lowest BCUT2D eigenvalue weighted by molar-refractivity contribution is 0.301. The second kappa shape index (κ2) is 6.77. The van der Waals surface area contributed by atoms with Gasteiger partial charge in [0.1, 0.15) is 12.4 Å². The zero-order valence-corrected chi connectivity index (χ0v) is 10.6. The monoisotopic (exact) mass is 242 g/mol. The lowest BCUT2D eigenvalue weighted by Crippen LogP contribution is -2.13. The summed E-state index contributed by atoms with van der Waals surface area (Å²) in [6.07, 6.45) is 3.57. The molecule has 1 aromatic heterocycles. The van der Waals surface area contributed by atoms with E-state index >= 15 is 0 Å². The Morgan fingerprint density at radius 1 is 1.17 bits per heavy atom. The minimum atomic E-state index is 0.575. The Hall–Kier alpha value is -1.87. The predicted octanol–water partition coefficient (Wildman–Crippen LogP) is 2.77. The maximum atomic E-state index is 5.82. The molecule has 18 heavy (non-hydrogen) atoms. The van der Waals surface area contributed by atoms with Crippen molar-refractivity contribution in [3.8, 4) is 5.75 Å². The number of aromatic nitrogens is 1. The van der Waals surface area contributed by atoms with E-state index in [0.29, 0.717) is 6.61 Å². The number of rotatable bonds is 6. The van der Waals surface area contributed by atoms with E-state index < -0.39 is 0 Å². The van der Waals surface area contributed by atoms with Gasteiger partial charge in [0.2, 0.25) is 0 Å². The molecule has 0 saturated heterocycles. The summed E-state index contributed by atoms with van der Waals surface area (Å²) in [6.45, 7) is 4.42. The maximum absolute atomic E-state index is 5.82. The second-order valence-electron chi connectivity index (χ2n) is 4.04. The Kier molecular flexibility index (Phi) is 4.73. The van der Waals surface area contributed by atoms with Crippen LogP contribution >= 0.6 is 0 Å². The highest BCUT2D eigenvalue weighted by molar-refractivity contribution is 5.30. The first kappa shape index (κ1) is 12.6. The Labute approximate surface area is 108 Å². The van der Waals surface area contributed by atoms with Crippen LogP contribution in [0.5, 0.6) is 5.75 Å². The van der Waals surface area contributed by atoms with E-state index in [2.05, 4.69) is 29.4 Å². The minimum absolute atomic E-state index is 0.575. The van der Waals surface area contributed by atoms with Gasteiger partial charge in [0.05, 0.1) is 6.20 Å². The van der Waals surface area contributed by atoms with Crippen LogP contribution in [0, 0.1) is 0 Å². The van der Waals surface area contributed by atoms with Crippen molar-refractivity contribution in [1.29, 1.82) is 0 Å². The summed E-state index contributed by atoms with van der Waals surface area (Å²) < 4.78 is 5.82. The Morgan fingerprint density at radius 2 is 2.00 bits per heavy atom. The van der Waals surface area contributed by atoms with Gasteiger partial charge in [-0.2, -0.15) is 0 Å². The fraction of sp³-hybridized carbons (Fsp3) is 0.267. The van der Waals surface area contributed by atoms with Crippen LogP contribution in [0.3, 0.4) is 0 Å². The summed E-state index contributed by atoms with van der Waals surface area (Å²) in [5, 5.41) is 3.30. The average Bonchev–Trinajstić information content (AvgIpc) is 2.45. The van der Waals surface area contributed by atoms with Crippen molar-refractivity contribution < 1.29 is 4.74 Å². The Bertz CT molecular complexity index is 471. The highest BCUT2D eigenvalue weighted by Gasteiger charge is 2.03. The average molecular weight is 242 g/mol. The largest absolute Gasteiger partial charge is 0.487 e. The van der Waals surface area contributed by atoms with Gasteiger partial charge in [0.15, 0.2) is 0 Å². The first-order valence-corrected chi connectivity index (χ1v) is 6.20. The molecule has 0 unspecified atom stereocenters. The summed E-state index contributed by atoms with van der Waals surface area (Å²) >= 11 is 0. The van der Waals surface area contributed by atoms with Crippen molar-refractivity contribution >= 4 is 0 Å². The molecule has 94 valence electrons. The quantitative estimate of drug-likeness (QED) is 0.845. The van der Waals surface area contributed by atoms with Crippen molar-refractivity contribution in [2.45, 2.75) is 20.1 Å². The summed E-state index contributed by atoms with van der Waals surface area (Å²) in [7, 11) is 0. The summed E-state index contributed by atoms with van der Waals surface area (Å²) in [6, 6.07) is 12.1. The fourth-order valence-electron chi connectivity index (χ4n) is 1.68. The molecule has 0 aliphatic carbocycles. The standard InChI is InChI=1S/C15H18N2O/c1-2-16-10-14-8-9-17-11-15(14)18-12-13-6-4-3-5-7-13/h3-9,11,16H,2,10,12H2,1H3. The van der Waals surface area contributed by atoms with Gasteiger partial charge in [-0.3, -0.25) is 4.98 Å². The van der Waals surface area contributed by atoms with Crippen molar-refractivity contribution in [3.05, 3.63) is 59.9 Å². The van der Waals surface area contributed by atoms with E-state index in [4.69, 9.17) is 4.74 Å². The van der Waals surface area contributed by atoms with Gasteiger partial charge >= 0.3 is 0 Å². The van der Waals surface area contributed by atoms with Crippen molar-refractivity contribution in [1.82, 2.24) is 10.3 Å². The highest BCUT2D eigenvalue weighted by atomic mass is 16.5. The van der Waals surface area contributed by atoms with Gasteiger partial charge in [-0.05, 0) is 18.2 Å². The fourth-order valence-corrected chi connectivity index (χ4v) is 1.68. The van der Waals surface area contributed by atoms with Crippen LogP contribution < -0.4 is 10.1 Å². The molecule has 1 N–H and O–H groups in total. The normalized spacial score (nSPS) is 10.3. The predicted molar refractivity (Wildman–Crippen MR) is 72.4 cm³/mol. The van der Waals surface area contributed by atoms with Crippen LogP contribution in [-0.2, 0) is 13.2 Å². The Balaban J connectivity index is 2.00. The van der Waals surface area contributed by atoms with Crippen LogP contribution in [0.15, 0.2) is 48.8 Å². The van der Waals surface area contributed by atoms with Crippen molar-refractivity contribution in [2.75, 3.05) is 6.54 Å². The van der Waals surface area contributed by atoms with E-state index in [1.165, 1.54) is 0 Å². The molecule has 2 rings (SSSR count). The Morgan fingerprint density at radius 3 is 2.78 bits per heavy atom.